The van der Waals surface area contributed by atoms with E-state index in [1.165, 1.54) is 5.56 Å². The van der Waals surface area contributed by atoms with Crippen LogP contribution >= 0.6 is 0 Å². The van der Waals surface area contributed by atoms with Crippen LogP contribution in [-0.4, -0.2) is 56.0 Å². The van der Waals surface area contributed by atoms with Gasteiger partial charge in [-0.2, -0.15) is 13.2 Å². The number of aromatic nitrogens is 5. The van der Waals surface area contributed by atoms with Gasteiger partial charge in [-0.15, -0.1) is 0 Å². The van der Waals surface area contributed by atoms with E-state index in [0.717, 1.165) is 61.1 Å². The molecule has 3 aromatic heterocycles. The zero-order valence-corrected chi connectivity index (χ0v) is 18.6. The van der Waals surface area contributed by atoms with Crippen LogP contribution in [-0.2, 0) is 12.6 Å². The predicted octanol–water partition coefficient (Wildman–Crippen LogP) is 3.99. The molecule has 0 saturated carbocycles. The van der Waals surface area contributed by atoms with Gasteiger partial charge in [-0.25, -0.2) is 15.0 Å². The molecule has 0 spiro atoms. The van der Waals surface area contributed by atoms with Crippen molar-refractivity contribution in [1.29, 1.82) is 0 Å². The van der Waals surface area contributed by atoms with E-state index in [4.69, 9.17) is 0 Å². The van der Waals surface area contributed by atoms with Crippen molar-refractivity contribution in [3.05, 3.63) is 71.7 Å². The van der Waals surface area contributed by atoms with Gasteiger partial charge >= 0.3 is 6.18 Å². The second-order valence-corrected chi connectivity index (χ2v) is 8.42. The Bertz CT molecular complexity index is 1300. The average Bonchev–Trinajstić information content (AvgIpc) is 3.25. The zero-order chi connectivity index (χ0) is 23.7. The largest absolute Gasteiger partial charge is 0.433 e. The van der Waals surface area contributed by atoms with Crippen molar-refractivity contribution in [3.8, 4) is 11.3 Å². The minimum absolute atomic E-state index is 0.205. The summed E-state index contributed by atoms with van der Waals surface area (Å²) < 4.78 is 39.0. The fourth-order valence-electron chi connectivity index (χ4n) is 4.28. The Morgan fingerprint density at radius 1 is 1.03 bits per heavy atom. The normalized spacial score (nSPS) is 16.1. The summed E-state index contributed by atoms with van der Waals surface area (Å²) >= 11 is 0. The molecule has 0 bridgehead atoms. The van der Waals surface area contributed by atoms with Gasteiger partial charge in [0.1, 0.15) is 17.8 Å². The summed E-state index contributed by atoms with van der Waals surface area (Å²) in [5.74, 6) is 0.741. The van der Waals surface area contributed by atoms with E-state index in [9.17, 15) is 13.2 Å². The van der Waals surface area contributed by atoms with E-state index >= 15 is 0 Å². The van der Waals surface area contributed by atoms with E-state index in [0.29, 0.717) is 18.0 Å². The van der Waals surface area contributed by atoms with Gasteiger partial charge in [-0.05, 0) is 42.8 Å². The third-order valence-corrected chi connectivity index (χ3v) is 6.16. The second kappa shape index (κ2) is 9.11. The van der Waals surface area contributed by atoms with E-state index < -0.39 is 11.9 Å². The summed E-state index contributed by atoms with van der Waals surface area (Å²) in [5.41, 5.74) is 3.37. The van der Waals surface area contributed by atoms with Gasteiger partial charge in [0.15, 0.2) is 0 Å². The van der Waals surface area contributed by atoms with Crippen LogP contribution in [0.15, 0.2) is 48.9 Å². The number of nitrogens with one attached hydrogen (secondary N) is 2. The monoisotopic (exact) mass is 467 g/mol. The van der Waals surface area contributed by atoms with Crippen LogP contribution in [0.2, 0.25) is 0 Å². The molecule has 1 aromatic carbocycles. The summed E-state index contributed by atoms with van der Waals surface area (Å²) in [6.45, 7) is 6.24. The van der Waals surface area contributed by atoms with Crippen LogP contribution in [0, 0.1) is 0 Å². The number of imidazole rings is 1. The molecule has 5 rings (SSSR count). The molecule has 1 saturated heterocycles. The minimum Gasteiger partial charge on any atom is -0.342 e. The molecule has 0 aliphatic carbocycles. The number of pyridine rings is 1. The van der Waals surface area contributed by atoms with Gasteiger partial charge in [-0.3, -0.25) is 9.88 Å². The standard InChI is InChI=1S/C24H24F3N7/c1-15(34-8-6-28-7-9-34)16-4-5-29-18(10-16)12-23-32-19-3-2-17(11-21(19)33-23)20-13-22(24(25,26)27)31-14-30-20/h2-5,10-11,13-15,28H,6-9,12H2,1H3,(H,32,33). The summed E-state index contributed by atoms with van der Waals surface area (Å²) in [4.78, 5) is 22.2. The molecule has 1 unspecified atom stereocenters. The molecule has 0 radical (unpaired) electrons. The highest BCUT2D eigenvalue weighted by Gasteiger charge is 2.32. The molecule has 1 atom stereocenters. The number of hydrogen-bond acceptors (Lipinski definition) is 6. The van der Waals surface area contributed by atoms with E-state index in [2.05, 4.69) is 54.2 Å². The van der Waals surface area contributed by atoms with Crippen LogP contribution in [0.25, 0.3) is 22.3 Å². The maximum atomic E-state index is 13.0. The summed E-state index contributed by atoms with van der Waals surface area (Å²) in [6.07, 6.45) is -1.23. The van der Waals surface area contributed by atoms with Crippen LogP contribution in [0.5, 0.6) is 0 Å². The average molecular weight is 467 g/mol. The number of nitrogens with zero attached hydrogens (tertiary/aromatic N) is 5. The first-order chi connectivity index (χ1) is 16.4. The lowest BCUT2D eigenvalue weighted by molar-refractivity contribution is -0.141. The molecule has 1 fully saturated rings. The van der Waals surface area contributed by atoms with Crippen molar-refractivity contribution in [2.75, 3.05) is 26.2 Å². The molecule has 4 aromatic rings. The summed E-state index contributed by atoms with van der Waals surface area (Å²) in [5, 5.41) is 3.38. The van der Waals surface area contributed by atoms with E-state index in [1.54, 1.807) is 18.2 Å². The van der Waals surface area contributed by atoms with Gasteiger partial charge in [-0.1, -0.05) is 6.07 Å². The lowest BCUT2D eigenvalue weighted by atomic mass is 10.1. The number of halogens is 3. The van der Waals surface area contributed by atoms with Crippen LogP contribution in [0.4, 0.5) is 13.2 Å². The number of fused-ring (bicyclic) bond motifs is 1. The highest BCUT2D eigenvalue weighted by molar-refractivity contribution is 5.81. The number of benzene rings is 1. The molecule has 176 valence electrons. The van der Waals surface area contributed by atoms with Gasteiger partial charge in [0, 0.05) is 56.1 Å². The number of hydrogen-bond donors (Lipinski definition) is 2. The van der Waals surface area contributed by atoms with Crippen molar-refractivity contribution < 1.29 is 13.2 Å². The number of aromatic amines is 1. The van der Waals surface area contributed by atoms with Gasteiger partial charge in [0.2, 0.25) is 0 Å². The van der Waals surface area contributed by atoms with Gasteiger partial charge in [0.25, 0.3) is 0 Å². The number of rotatable bonds is 5. The minimum atomic E-state index is -4.52. The Morgan fingerprint density at radius 3 is 2.65 bits per heavy atom. The molecule has 1 aliphatic rings. The Labute approximate surface area is 194 Å². The van der Waals surface area contributed by atoms with Crippen molar-refractivity contribution >= 4 is 11.0 Å². The molecule has 10 heteroatoms. The lowest BCUT2D eigenvalue weighted by Crippen LogP contribution is -2.44. The molecule has 4 heterocycles. The number of alkyl halides is 3. The highest BCUT2D eigenvalue weighted by Crippen LogP contribution is 2.30. The van der Waals surface area contributed by atoms with Crippen LogP contribution in [0.1, 0.15) is 35.7 Å². The Kier molecular flexibility index (Phi) is 6.01. The van der Waals surface area contributed by atoms with Gasteiger partial charge in [0.05, 0.1) is 16.7 Å². The molecule has 34 heavy (non-hydrogen) atoms. The lowest BCUT2D eigenvalue weighted by Gasteiger charge is -2.33. The topological polar surface area (TPSA) is 82.6 Å². The molecular weight excluding hydrogens is 443 g/mol. The fraction of sp³-hybridized carbons (Fsp3) is 0.333. The number of piperazine rings is 1. The first-order valence-corrected chi connectivity index (χ1v) is 11.1. The third kappa shape index (κ3) is 4.78. The molecule has 1 aliphatic heterocycles. The first kappa shape index (κ1) is 22.4. The van der Waals surface area contributed by atoms with Gasteiger partial charge < -0.3 is 10.3 Å². The maximum Gasteiger partial charge on any atom is 0.433 e. The Morgan fingerprint density at radius 2 is 1.85 bits per heavy atom. The Balaban J connectivity index is 1.37. The van der Waals surface area contributed by atoms with Crippen molar-refractivity contribution in [2.45, 2.75) is 25.6 Å². The summed E-state index contributed by atoms with van der Waals surface area (Å²) in [7, 11) is 0. The van der Waals surface area contributed by atoms with Crippen molar-refractivity contribution in [3.63, 3.8) is 0 Å². The number of H-pyrrole nitrogens is 1. The smallest absolute Gasteiger partial charge is 0.342 e. The van der Waals surface area contributed by atoms with Crippen molar-refractivity contribution in [1.82, 2.24) is 35.1 Å². The maximum absolute atomic E-state index is 13.0. The second-order valence-electron chi connectivity index (χ2n) is 8.42. The van der Waals surface area contributed by atoms with E-state index in [-0.39, 0.29) is 5.69 Å². The van der Waals surface area contributed by atoms with Crippen LogP contribution in [0.3, 0.4) is 0 Å². The van der Waals surface area contributed by atoms with E-state index in [1.807, 2.05) is 6.20 Å². The third-order valence-electron chi connectivity index (χ3n) is 6.16. The SMILES string of the molecule is CC(c1ccnc(Cc2nc3ccc(-c4cc(C(F)(F)F)ncn4)cc3[nH]2)c1)N1CCNCC1. The molecule has 0 amide bonds. The fourth-order valence-corrected chi connectivity index (χ4v) is 4.28. The highest BCUT2D eigenvalue weighted by atomic mass is 19.4. The predicted molar refractivity (Wildman–Crippen MR) is 122 cm³/mol. The molecule has 7 nitrogen and oxygen atoms in total. The molecule has 2 N–H and O–H groups in total. The van der Waals surface area contributed by atoms with Crippen LogP contribution < -0.4 is 5.32 Å². The first-order valence-electron chi connectivity index (χ1n) is 11.1. The zero-order valence-electron chi connectivity index (χ0n) is 18.6. The summed E-state index contributed by atoms with van der Waals surface area (Å²) in [6, 6.07) is 10.7. The van der Waals surface area contributed by atoms with Crippen molar-refractivity contribution in [2.24, 2.45) is 0 Å². The molecular formula is C24H24F3N7. The quantitative estimate of drug-likeness (QED) is 0.462. The Hall–Kier alpha value is -3.37.